The van der Waals surface area contributed by atoms with Crippen LogP contribution >= 0.6 is 0 Å². The van der Waals surface area contributed by atoms with Gasteiger partial charge in [-0.05, 0) is 176 Å². The third kappa shape index (κ3) is 10.9. The molecule has 0 spiro atoms. The molecule has 1 saturated heterocycles. The van der Waals surface area contributed by atoms with Gasteiger partial charge in [0.1, 0.15) is 11.2 Å². The van der Waals surface area contributed by atoms with Crippen molar-refractivity contribution in [3.8, 4) is 23.7 Å². The second kappa shape index (κ2) is 21.0. The molecule has 5 rings (SSSR count). The minimum absolute atomic E-state index is 0.0166. The second-order valence-corrected chi connectivity index (χ2v) is 19.6. The fourth-order valence-corrected chi connectivity index (χ4v) is 9.14. The van der Waals surface area contributed by atoms with Gasteiger partial charge in [0.05, 0.1) is 11.2 Å². The maximum absolute atomic E-state index is 10.6. The predicted octanol–water partition coefficient (Wildman–Crippen LogP) is 13.2. The van der Waals surface area contributed by atoms with Crippen molar-refractivity contribution in [2.75, 3.05) is 0 Å². The summed E-state index contributed by atoms with van der Waals surface area (Å²) < 4.78 is 12.7. The highest BCUT2D eigenvalue weighted by Gasteiger charge is 2.52. The van der Waals surface area contributed by atoms with Gasteiger partial charge in [-0.15, -0.1) is 0 Å². The number of hydrogen-bond donors (Lipinski definition) is 2. The van der Waals surface area contributed by atoms with E-state index >= 15 is 0 Å². The van der Waals surface area contributed by atoms with Crippen LogP contribution < -0.4 is 5.46 Å². The number of hydrogen-bond acceptors (Lipinski definition) is 4. The first-order chi connectivity index (χ1) is 30.0. The second-order valence-electron chi connectivity index (χ2n) is 19.6. The van der Waals surface area contributed by atoms with Crippen LogP contribution in [0.25, 0.3) is 0 Å². The van der Waals surface area contributed by atoms with Crippen molar-refractivity contribution in [1.29, 1.82) is 0 Å². The Bertz CT molecular complexity index is 2330. The monoisotopic (exact) mass is 865 g/mol. The SMILES string of the molecule is CCC(O)(C#Cc1ccc(C(CC)(CC)c2ccc(B3OC(C)(C)C(C)(C)O3)c(C)c2)cc1C)CC.CCC(O)(C#Cc1ccc(C(CC)(CC)c2ccc(C)c(C)c2)cc1C)CC. The van der Waals surface area contributed by atoms with E-state index < -0.39 is 11.2 Å². The van der Waals surface area contributed by atoms with E-state index in [1.165, 1.54) is 44.5 Å². The van der Waals surface area contributed by atoms with Gasteiger partial charge < -0.3 is 19.5 Å². The summed E-state index contributed by atoms with van der Waals surface area (Å²) in [5, 5.41) is 21.0. The average molecular weight is 865 g/mol. The lowest BCUT2D eigenvalue weighted by Crippen LogP contribution is -2.41. The third-order valence-electron chi connectivity index (χ3n) is 15.6. The number of rotatable bonds is 13. The van der Waals surface area contributed by atoms with Crippen LogP contribution in [0.4, 0.5) is 0 Å². The first-order valence-corrected chi connectivity index (χ1v) is 24.3. The molecule has 4 aromatic rings. The van der Waals surface area contributed by atoms with Crippen LogP contribution in [-0.4, -0.2) is 39.7 Å². The molecule has 4 aromatic carbocycles. The normalized spacial score (nSPS) is 14.8. The number of aryl methyl sites for hydroxylation is 5. The van der Waals surface area contributed by atoms with Gasteiger partial charge in [0.15, 0.2) is 0 Å². The maximum atomic E-state index is 10.6. The Morgan fingerprint density at radius 2 is 0.766 bits per heavy atom. The molecule has 0 amide bonds. The van der Waals surface area contributed by atoms with Crippen LogP contribution in [-0.2, 0) is 20.1 Å². The summed E-state index contributed by atoms with van der Waals surface area (Å²) in [5.74, 6) is 12.7. The van der Waals surface area contributed by atoms with Crippen LogP contribution in [0, 0.1) is 58.3 Å². The van der Waals surface area contributed by atoms with E-state index in [9.17, 15) is 10.2 Å². The molecule has 4 nitrogen and oxygen atoms in total. The molecule has 64 heavy (non-hydrogen) atoms. The fraction of sp³-hybridized carbons (Fsp3) is 0.525. The number of benzene rings is 4. The molecule has 0 radical (unpaired) electrons. The van der Waals surface area contributed by atoms with Crippen LogP contribution in [0.3, 0.4) is 0 Å². The third-order valence-corrected chi connectivity index (χ3v) is 15.6. The van der Waals surface area contributed by atoms with Crippen molar-refractivity contribution in [1.82, 2.24) is 0 Å². The van der Waals surface area contributed by atoms with Crippen LogP contribution in [0.2, 0.25) is 0 Å². The molecular formula is C59H81BO4. The Kier molecular flexibility index (Phi) is 17.3. The predicted molar refractivity (Wildman–Crippen MR) is 273 cm³/mol. The lowest BCUT2D eigenvalue weighted by atomic mass is 9.68. The highest BCUT2D eigenvalue weighted by atomic mass is 16.7. The van der Waals surface area contributed by atoms with Crippen molar-refractivity contribution < 1.29 is 19.5 Å². The van der Waals surface area contributed by atoms with Gasteiger partial charge in [0.2, 0.25) is 0 Å². The molecule has 344 valence electrons. The van der Waals surface area contributed by atoms with E-state index in [-0.39, 0.29) is 29.2 Å². The van der Waals surface area contributed by atoms with Gasteiger partial charge in [-0.2, -0.15) is 0 Å². The van der Waals surface area contributed by atoms with E-state index in [4.69, 9.17) is 9.31 Å². The summed E-state index contributed by atoms with van der Waals surface area (Å²) in [6.45, 7) is 36.2. The molecule has 0 unspecified atom stereocenters. The summed E-state index contributed by atoms with van der Waals surface area (Å²) in [7, 11) is -0.355. The average Bonchev–Trinajstić information content (AvgIpc) is 3.50. The van der Waals surface area contributed by atoms with E-state index in [0.29, 0.717) is 25.7 Å². The van der Waals surface area contributed by atoms with E-state index in [2.05, 4.69) is 186 Å². The Hall–Kier alpha value is -4.10. The quantitative estimate of drug-likeness (QED) is 0.104. The molecule has 1 aliphatic rings. The molecule has 1 heterocycles. The van der Waals surface area contributed by atoms with Crippen molar-refractivity contribution in [2.24, 2.45) is 0 Å². The smallest absolute Gasteiger partial charge is 0.399 e. The molecule has 0 saturated carbocycles. The van der Waals surface area contributed by atoms with Crippen LogP contribution in [0.5, 0.6) is 0 Å². The van der Waals surface area contributed by atoms with Crippen molar-refractivity contribution in [3.63, 3.8) is 0 Å². The summed E-state index contributed by atoms with van der Waals surface area (Å²) in [6, 6.07) is 26.9. The maximum Gasteiger partial charge on any atom is 0.495 e. The molecule has 0 aliphatic carbocycles. The lowest BCUT2D eigenvalue weighted by molar-refractivity contribution is 0.00578. The van der Waals surface area contributed by atoms with Gasteiger partial charge in [-0.25, -0.2) is 0 Å². The van der Waals surface area contributed by atoms with Crippen LogP contribution in [0.1, 0.15) is 196 Å². The first kappa shape index (κ1) is 52.5. The highest BCUT2D eigenvalue weighted by Crippen LogP contribution is 2.42. The van der Waals surface area contributed by atoms with E-state index in [1.807, 2.05) is 27.7 Å². The Morgan fingerprint density at radius 3 is 1.08 bits per heavy atom. The van der Waals surface area contributed by atoms with Gasteiger partial charge in [0.25, 0.3) is 0 Å². The Balaban J connectivity index is 0.000000290. The van der Waals surface area contributed by atoms with Gasteiger partial charge in [0, 0.05) is 22.0 Å². The van der Waals surface area contributed by atoms with Gasteiger partial charge in [-0.3, -0.25) is 0 Å². The summed E-state index contributed by atoms with van der Waals surface area (Å²) in [5.41, 5.74) is 12.0. The highest BCUT2D eigenvalue weighted by molar-refractivity contribution is 6.62. The zero-order valence-corrected chi connectivity index (χ0v) is 42.9. The number of aliphatic hydroxyl groups is 2. The fourth-order valence-electron chi connectivity index (χ4n) is 9.14. The standard InChI is InChI=1S/C32H45BO3.C27H36O/c1-11-31(34,12-2)20-19-25-15-16-26(21-23(25)5)32(13-3,14-4)27-17-18-28(24(6)22-27)33-35-29(7,8)30(9,10)36-33;1-8-26(28,9-2)17-16-23-13-15-25(19-22(23)7)27(10-3,11-4)24-14-12-20(5)21(6)18-24/h15-18,21-22,34H,11-14H2,1-10H3;12-15,18-19,28H,8-11H2,1-7H3. The van der Waals surface area contributed by atoms with Crippen LogP contribution in [0.15, 0.2) is 72.8 Å². The molecule has 2 N–H and O–H groups in total. The van der Waals surface area contributed by atoms with Gasteiger partial charge >= 0.3 is 7.12 Å². The van der Waals surface area contributed by atoms with Gasteiger partial charge in [-0.1, -0.05) is 145 Å². The minimum Gasteiger partial charge on any atom is -0.399 e. The van der Waals surface area contributed by atoms with E-state index in [0.717, 1.165) is 47.8 Å². The largest absolute Gasteiger partial charge is 0.495 e. The topological polar surface area (TPSA) is 58.9 Å². The minimum atomic E-state index is -0.918. The van der Waals surface area contributed by atoms with E-state index in [1.54, 1.807) is 0 Å². The Labute approximate surface area is 390 Å². The summed E-state index contributed by atoms with van der Waals surface area (Å²) in [6.07, 6.45) is 6.66. The summed E-state index contributed by atoms with van der Waals surface area (Å²) in [4.78, 5) is 0. The molecule has 0 aromatic heterocycles. The van der Waals surface area contributed by atoms with Crippen molar-refractivity contribution in [2.45, 2.75) is 202 Å². The molecule has 5 heteroatoms. The molecule has 1 fully saturated rings. The summed E-state index contributed by atoms with van der Waals surface area (Å²) >= 11 is 0. The molecule has 1 aliphatic heterocycles. The Morgan fingerprint density at radius 1 is 0.438 bits per heavy atom. The van der Waals surface area contributed by atoms with Crippen molar-refractivity contribution >= 4 is 12.6 Å². The molecule has 0 atom stereocenters. The zero-order valence-electron chi connectivity index (χ0n) is 42.9. The molecule has 0 bridgehead atoms. The zero-order chi connectivity index (χ0) is 47.9. The first-order valence-electron chi connectivity index (χ1n) is 24.3. The van der Waals surface area contributed by atoms with Crippen molar-refractivity contribution in [3.05, 3.63) is 134 Å². The lowest BCUT2D eigenvalue weighted by Gasteiger charge is -2.34. The molecular weight excluding hydrogens is 783 g/mol.